The van der Waals surface area contributed by atoms with Gasteiger partial charge < -0.3 is 19.7 Å². The molecular weight excluding hydrogens is 612 g/mol. The summed E-state index contributed by atoms with van der Waals surface area (Å²) in [7, 11) is -1.49. The second-order valence-corrected chi connectivity index (χ2v) is 13.1. The lowest BCUT2D eigenvalue weighted by Gasteiger charge is -2.33. The maximum Gasteiger partial charge on any atom is 0.273 e. The molecule has 246 valence electrons. The molecule has 4 rings (SSSR count). The number of nitrogens with zero attached hydrogens (tertiary/aromatic N) is 3. The fourth-order valence-electron chi connectivity index (χ4n) is 5.57. The predicted octanol–water partition coefficient (Wildman–Crippen LogP) is 4.98. The van der Waals surface area contributed by atoms with E-state index in [4.69, 9.17) is 9.47 Å². The van der Waals surface area contributed by atoms with Crippen LogP contribution < -0.4 is 19.1 Å². The first-order valence-corrected chi connectivity index (χ1v) is 16.6. The van der Waals surface area contributed by atoms with Crippen molar-refractivity contribution < 1.29 is 32.4 Å². The Morgan fingerprint density at radius 2 is 1.57 bits per heavy atom. The minimum atomic E-state index is -4.50. The number of aryl methyl sites for hydroxylation is 1. The van der Waals surface area contributed by atoms with Crippen molar-refractivity contribution in [3.8, 4) is 11.5 Å². The number of hydrogen-bond donors (Lipinski definition) is 1. The number of sulfonamides is 1. The number of nitro groups is 1. The van der Waals surface area contributed by atoms with Crippen molar-refractivity contribution in [1.82, 2.24) is 10.2 Å². The van der Waals surface area contributed by atoms with E-state index in [1.165, 1.54) is 43.2 Å². The largest absolute Gasteiger partial charge is 0.497 e. The number of rotatable bonds is 14. The molecule has 3 aromatic carbocycles. The standard InChI is InChI=1S/C33H40N4O8S/c1-5-30(33(39)34-25-8-6-7-9-25)35(21-24-11-15-27(44-3)16-12-24)32(38)22-36(26-13-17-28(45-4)18-14-26)46(42,43)29-19-10-23(2)31(20-29)37(40)41/h10-20,25,30H,5-9,21-22H2,1-4H3,(H,34,39). The summed E-state index contributed by atoms with van der Waals surface area (Å²) < 4.78 is 39.7. The number of ether oxygens (including phenoxy) is 2. The van der Waals surface area contributed by atoms with E-state index in [0.717, 1.165) is 36.1 Å². The van der Waals surface area contributed by atoms with Crippen LogP contribution in [0.2, 0.25) is 0 Å². The highest BCUT2D eigenvalue weighted by Gasteiger charge is 2.35. The van der Waals surface area contributed by atoms with E-state index in [1.54, 1.807) is 50.4 Å². The van der Waals surface area contributed by atoms with Crippen LogP contribution in [0.15, 0.2) is 71.6 Å². The molecule has 1 saturated carbocycles. The molecule has 13 heteroatoms. The van der Waals surface area contributed by atoms with Crippen molar-refractivity contribution in [3.05, 3.63) is 88.0 Å². The van der Waals surface area contributed by atoms with Gasteiger partial charge in [0.25, 0.3) is 15.7 Å². The maximum atomic E-state index is 14.3. The molecule has 1 fully saturated rings. The lowest BCUT2D eigenvalue weighted by molar-refractivity contribution is -0.385. The summed E-state index contributed by atoms with van der Waals surface area (Å²) in [5, 5.41) is 14.7. The molecule has 12 nitrogen and oxygen atoms in total. The number of anilines is 1. The van der Waals surface area contributed by atoms with Gasteiger partial charge in [0, 0.05) is 24.2 Å². The Morgan fingerprint density at radius 3 is 2.11 bits per heavy atom. The first kappa shape index (κ1) is 34.2. The Balaban J connectivity index is 1.75. The van der Waals surface area contributed by atoms with Crippen molar-refractivity contribution in [1.29, 1.82) is 0 Å². The Bertz CT molecular complexity index is 1640. The van der Waals surface area contributed by atoms with E-state index in [2.05, 4.69) is 5.32 Å². The van der Waals surface area contributed by atoms with Crippen LogP contribution in [0.1, 0.15) is 50.2 Å². The summed E-state index contributed by atoms with van der Waals surface area (Å²) in [6.07, 6.45) is 4.05. The molecular formula is C33H40N4O8S. The number of hydrogen-bond acceptors (Lipinski definition) is 8. The molecule has 0 bridgehead atoms. The van der Waals surface area contributed by atoms with Crippen LogP contribution in [0.4, 0.5) is 11.4 Å². The molecule has 3 aromatic rings. The zero-order valence-electron chi connectivity index (χ0n) is 26.5. The third-order valence-electron chi connectivity index (χ3n) is 8.20. The van der Waals surface area contributed by atoms with Crippen molar-refractivity contribution in [3.63, 3.8) is 0 Å². The maximum absolute atomic E-state index is 14.3. The number of nitrogens with one attached hydrogen (secondary N) is 1. The summed E-state index contributed by atoms with van der Waals surface area (Å²) in [5.41, 5.74) is 0.790. The van der Waals surface area contributed by atoms with Gasteiger partial charge in [0.2, 0.25) is 11.8 Å². The second kappa shape index (κ2) is 15.1. The van der Waals surface area contributed by atoms with Crippen molar-refractivity contribution >= 4 is 33.2 Å². The van der Waals surface area contributed by atoms with Gasteiger partial charge >= 0.3 is 0 Å². The van der Waals surface area contributed by atoms with Crippen LogP contribution in [-0.4, -0.2) is 62.9 Å². The van der Waals surface area contributed by atoms with Crippen molar-refractivity contribution in [2.75, 3.05) is 25.1 Å². The summed E-state index contributed by atoms with van der Waals surface area (Å²) >= 11 is 0. The van der Waals surface area contributed by atoms with Gasteiger partial charge in [-0.25, -0.2) is 8.42 Å². The smallest absolute Gasteiger partial charge is 0.273 e. The van der Waals surface area contributed by atoms with Gasteiger partial charge in [-0.2, -0.15) is 0 Å². The van der Waals surface area contributed by atoms with E-state index in [9.17, 15) is 28.1 Å². The quantitative estimate of drug-likeness (QED) is 0.189. The van der Waals surface area contributed by atoms with Gasteiger partial charge in [0.15, 0.2) is 0 Å². The molecule has 1 atom stereocenters. The van der Waals surface area contributed by atoms with Gasteiger partial charge in [-0.15, -0.1) is 0 Å². The third-order valence-corrected chi connectivity index (χ3v) is 9.97. The monoisotopic (exact) mass is 652 g/mol. The van der Waals surface area contributed by atoms with E-state index < -0.39 is 33.4 Å². The molecule has 1 unspecified atom stereocenters. The van der Waals surface area contributed by atoms with Crippen molar-refractivity contribution in [2.45, 2.75) is 69.5 Å². The van der Waals surface area contributed by atoms with Gasteiger partial charge in [-0.1, -0.05) is 38.0 Å². The average molecular weight is 653 g/mol. The molecule has 1 aliphatic rings. The second-order valence-electron chi connectivity index (χ2n) is 11.2. The Hall–Kier alpha value is -4.65. The van der Waals surface area contributed by atoms with Gasteiger partial charge in [0.05, 0.1) is 29.7 Å². The van der Waals surface area contributed by atoms with Crippen LogP contribution in [-0.2, 0) is 26.2 Å². The number of carbonyl (C=O) groups is 2. The zero-order chi connectivity index (χ0) is 33.4. The number of amides is 2. The highest BCUT2D eigenvalue weighted by atomic mass is 32.2. The van der Waals surface area contributed by atoms with E-state index in [0.29, 0.717) is 29.0 Å². The van der Waals surface area contributed by atoms with Crippen LogP contribution >= 0.6 is 0 Å². The average Bonchev–Trinajstić information content (AvgIpc) is 3.56. The molecule has 1 N–H and O–H groups in total. The fourth-order valence-corrected chi connectivity index (χ4v) is 7.00. The van der Waals surface area contributed by atoms with Crippen LogP contribution in [0, 0.1) is 17.0 Å². The minimum absolute atomic E-state index is 0.0213. The number of benzene rings is 3. The Labute approximate surface area is 269 Å². The van der Waals surface area contributed by atoms with Gasteiger partial charge in [0.1, 0.15) is 24.1 Å². The molecule has 0 spiro atoms. The van der Waals surface area contributed by atoms with Crippen LogP contribution in [0.3, 0.4) is 0 Å². The van der Waals surface area contributed by atoms with Crippen LogP contribution in [0.5, 0.6) is 11.5 Å². The summed E-state index contributed by atoms with van der Waals surface area (Å²) in [6.45, 7) is 2.68. The fraction of sp³-hybridized carbons (Fsp3) is 0.394. The van der Waals surface area contributed by atoms with E-state index >= 15 is 0 Å². The van der Waals surface area contributed by atoms with E-state index in [-0.39, 0.29) is 34.8 Å². The summed E-state index contributed by atoms with van der Waals surface area (Å²) in [6, 6.07) is 15.9. The number of nitro benzene ring substituents is 1. The minimum Gasteiger partial charge on any atom is -0.497 e. The van der Waals surface area contributed by atoms with E-state index in [1.807, 2.05) is 0 Å². The SMILES string of the molecule is CCC(C(=O)NC1CCCC1)N(Cc1ccc(OC)cc1)C(=O)CN(c1ccc(OC)cc1)S(=O)(=O)c1ccc(C)c([N+](=O)[O-])c1. The number of methoxy groups -OCH3 is 2. The topological polar surface area (TPSA) is 148 Å². The lowest BCUT2D eigenvalue weighted by Crippen LogP contribution is -2.53. The lowest BCUT2D eigenvalue weighted by atomic mass is 10.1. The third kappa shape index (κ3) is 7.94. The predicted molar refractivity (Wildman–Crippen MR) is 173 cm³/mol. The molecule has 0 heterocycles. The van der Waals surface area contributed by atoms with Gasteiger partial charge in [-0.3, -0.25) is 24.0 Å². The molecule has 46 heavy (non-hydrogen) atoms. The Kier molecular flexibility index (Phi) is 11.2. The molecule has 1 aliphatic carbocycles. The Morgan fingerprint density at radius 1 is 0.978 bits per heavy atom. The highest BCUT2D eigenvalue weighted by molar-refractivity contribution is 7.92. The summed E-state index contributed by atoms with van der Waals surface area (Å²) in [5.74, 6) is 0.167. The normalized spacial score (nSPS) is 13.9. The van der Waals surface area contributed by atoms with Gasteiger partial charge in [-0.05, 0) is 74.2 Å². The molecule has 0 saturated heterocycles. The van der Waals surface area contributed by atoms with Crippen LogP contribution in [0.25, 0.3) is 0 Å². The summed E-state index contributed by atoms with van der Waals surface area (Å²) in [4.78, 5) is 40.0. The first-order valence-electron chi connectivity index (χ1n) is 15.1. The highest BCUT2D eigenvalue weighted by Crippen LogP contribution is 2.30. The molecule has 0 radical (unpaired) electrons. The van der Waals surface area contributed by atoms with Crippen molar-refractivity contribution in [2.24, 2.45) is 0 Å². The molecule has 0 aromatic heterocycles. The first-order chi connectivity index (χ1) is 22.0. The number of carbonyl (C=O) groups excluding carboxylic acids is 2. The molecule has 2 amide bonds. The molecule has 0 aliphatic heterocycles. The zero-order valence-corrected chi connectivity index (χ0v) is 27.3.